The zero-order valence-corrected chi connectivity index (χ0v) is 22.2. The molecule has 1 saturated heterocycles. The molecule has 200 valence electrons. The Morgan fingerprint density at radius 1 is 1.11 bits per heavy atom. The number of benzene rings is 2. The molecule has 0 spiro atoms. The van der Waals surface area contributed by atoms with E-state index in [4.69, 9.17) is 0 Å². The van der Waals surface area contributed by atoms with Crippen LogP contribution >= 0.6 is 11.8 Å². The van der Waals surface area contributed by atoms with Crippen molar-refractivity contribution in [3.05, 3.63) is 65.2 Å². The molecule has 7 nitrogen and oxygen atoms in total. The summed E-state index contributed by atoms with van der Waals surface area (Å²) in [5.41, 5.74) is 1.10. The molecule has 2 aromatic rings. The first-order valence-corrected chi connectivity index (χ1v) is 14.4. The fourth-order valence-electron chi connectivity index (χ4n) is 4.24. The van der Waals surface area contributed by atoms with E-state index < -0.39 is 33.7 Å². The summed E-state index contributed by atoms with van der Waals surface area (Å²) in [6.45, 7) is 5.49. The quantitative estimate of drug-likeness (QED) is 0.586. The molecule has 1 N–H and O–H groups in total. The third kappa shape index (κ3) is 6.29. The molecular formula is C25H29F3N4O3S2. The lowest BCUT2D eigenvalue weighted by atomic mass is 10.0. The Morgan fingerprint density at radius 3 is 2.35 bits per heavy atom. The average Bonchev–Trinajstić information content (AvgIpc) is 3.42. The number of nitrogens with zero attached hydrogens (tertiary/aromatic N) is 3. The predicted molar refractivity (Wildman–Crippen MR) is 138 cm³/mol. The van der Waals surface area contributed by atoms with Crippen LogP contribution in [0, 0.1) is 0 Å². The second-order valence-corrected chi connectivity index (χ2v) is 12.2. The summed E-state index contributed by atoms with van der Waals surface area (Å²) in [5.74, 6) is 0.719. The second-order valence-electron chi connectivity index (χ2n) is 9.23. The Labute approximate surface area is 219 Å². The normalized spacial score (nSPS) is 19.2. The van der Waals surface area contributed by atoms with Crippen LogP contribution in [0.2, 0.25) is 0 Å². The number of carbonyl (C=O) groups excluding carboxylic acids is 1. The number of sulfonamides is 1. The van der Waals surface area contributed by atoms with Gasteiger partial charge in [-0.1, -0.05) is 49.9 Å². The van der Waals surface area contributed by atoms with Crippen LogP contribution in [0.4, 0.5) is 13.2 Å². The van der Waals surface area contributed by atoms with E-state index in [2.05, 4.69) is 24.2 Å². The van der Waals surface area contributed by atoms with Crippen LogP contribution in [0.3, 0.4) is 0 Å². The zero-order valence-electron chi connectivity index (χ0n) is 20.5. The summed E-state index contributed by atoms with van der Waals surface area (Å²) in [5, 5.41) is 3.62. The van der Waals surface area contributed by atoms with Crippen molar-refractivity contribution in [1.29, 1.82) is 0 Å². The van der Waals surface area contributed by atoms with Gasteiger partial charge in [-0.15, -0.1) is 0 Å². The molecule has 1 amide bonds. The number of hydrogen-bond acceptors (Lipinski definition) is 6. The van der Waals surface area contributed by atoms with Crippen molar-refractivity contribution >= 4 is 32.9 Å². The van der Waals surface area contributed by atoms with E-state index in [9.17, 15) is 26.4 Å². The van der Waals surface area contributed by atoms with Gasteiger partial charge in [0.05, 0.1) is 17.0 Å². The van der Waals surface area contributed by atoms with Crippen molar-refractivity contribution in [3.63, 3.8) is 0 Å². The van der Waals surface area contributed by atoms with Crippen LogP contribution in [0.25, 0.3) is 0 Å². The molecular weight excluding hydrogens is 525 g/mol. The maximum absolute atomic E-state index is 13.5. The van der Waals surface area contributed by atoms with Gasteiger partial charge in [0.2, 0.25) is 15.9 Å². The minimum Gasteiger partial charge on any atom is -0.351 e. The Morgan fingerprint density at radius 2 is 1.78 bits per heavy atom. The van der Waals surface area contributed by atoms with Crippen molar-refractivity contribution in [2.75, 3.05) is 31.9 Å². The van der Waals surface area contributed by atoms with E-state index >= 15 is 0 Å². The van der Waals surface area contributed by atoms with Gasteiger partial charge in [-0.05, 0) is 41.3 Å². The van der Waals surface area contributed by atoms with Gasteiger partial charge in [-0.25, -0.2) is 8.42 Å². The van der Waals surface area contributed by atoms with Gasteiger partial charge in [0.1, 0.15) is 6.04 Å². The maximum Gasteiger partial charge on any atom is 0.416 e. The van der Waals surface area contributed by atoms with Crippen LogP contribution < -0.4 is 5.32 Å². The van der Waals surface area contributed by atoms with Gasteiger partial charge in [-0.2, -0.15) is 17.5 Å². The molecule has 0 aliphatic carbocycles. The minimum atomic E-state index is -4.58. The number of halogens is 3. The Hall–Kier alpha value is -2.57. The number of piperazine rings is 1. The first-order chi connectivity index (χ1) is 17.5. The van der Waals surface area contributed by atoms with Gasteiger partial charge < -0.3 is 10.2 Å². The molecule has 2 aliphatic rings. The highest BCUT2D eigenvalue weighted by Gasteiger charge is 2.41. The number of amidine groups is 1. The average molecular weight is 555 g/mol. The van der Waals surface area contributed by atoms with Crippen LogP contribution in [-0.4, -0.2) is 66.7 Å². The molecule has 12 heteroatoms. The SMILES string of the molecule is CC(C)c1ccc(CNC(=O)[C@H]2CN(C3=NCCS3)CCN2S(=O)(=O)c2ccc(C(F)(F)F)cc2)cc1. The van der Waals surface area contributed by atoms with Gasteiger partial charge in [-0.3, -0.25) is 9.79 Å². The number of aliphatic imine (C=N–C) groups is 1. The minimum absolute atomic E-state index is 0.00408. The summed E-state index contributed by atoms with van der Waals surface area (Å²) < 4.78 is 67.0. The Balaban J connectivity index is 1.55. The summed E-state index contributed by atoms with van der Waals surface area (Å²) in [7, 11) is -4.23. The van der Waals surface area contributed by atoms with E-state index in [0.29, 0.717) is 19.0 Å². The molecule has 2 aliphatic heterocycles. The molecule has 0 saturated carbocycles. The topological polar surface area (TPSA) is 82.1 Å². The van der Waals surface area contributed by atoms with Crippen LogP contribution in [0.15, 0.2) is 58.4 Å². The van der Waals surface area contributed by atoms with Crippen LogP contribution in [-0.2, 0) is 27.5 Å². The number of carbonyl (C=O) groups is 1. The molecule has 0 unspecified atom stereocenters. The molecule has 1 fully saturated rings. The Bertz CT molecular complexity index is 1250. The zero-order chi connectivity index (χ0) is 26.8. The monoisotopic (exact) mass is 554 g/mol. The van der Waals surface area contributed by atoms with E-state index in [0.717, 1.165) is 45.1 Å². The third-order valence-corrected chi connectivity index (χ3v) is 9.33. The van der Waals surface area contributed by atoms with E-state index in [1.54, 1.807) is 11.8 Å². The summed E-state index contributed by atoms with van der Waals surface area (Å²) in [6.07, 6.45) is -4.58. The van der Waals surface area contributed by atoms with Gasteiger partial charge in [0.15, 0.2) is 5.17 Å². The number of nitrogens with one attached hydrogen (secondary N) is 1. The molecule has 4 rings (SSSR count). The van der Waals surface area contributed by atoms with E-state index in [-0.39, 0.29) is 24.5 Å². The molecule has 0 bridgehead atoms. The molecule has 37 heavy (non-hydrogen) atoms. The fourth-order valence-corrected chi connectivity index (χ4v) is 6.70. The summed E-state index contributed by atoms with van der Waals surface area (Å²) in [4.78, 5) is 19.4. The van der Waals surface area contributed by atoms with Crippen molar-refractivity contribution in [2.24, 2.45) is 4.99 Å². The van der Waals surface area contributed by atoms with Gasteiger partial charge >= 0.3 is 6.18 Å². The smallest absolute Gasteiger partial charge is 0.351 e. The van der Waals surface area contributed by atoms with Crippen molar-refractivity contribution < 1.29 is 26.4 Å². The summed E-state index contributed by atoms with van der Waals surface area (Å²) >= 11 is 1.56. The second kappa shape index (κ2) is 11.0. The van der Waals surface area contributed by atoms with Crippen molar-refractivity contribution in [1.82, 2.24) is 14.5 Å². The number of hydrogen-bond donors (Lipinski definition) is 1. The van der Waals surface area contributed by atoms with Crippen LogP contribution in [0.1, 0.15) is 36.5 Å². The molecule has 2 aromatic carbocycles. The van der Waals surface area contributed by atoms with Crippen LogP contribution in [0.5, 0.6) is 0 Å². The van der Waals surface area contributed by atoms with Crippen molar-refractivity contribution in [3.8, 4) is 0 Å². The maximum atomic E-state index is 13.5. The third-order valence-electron chi connectivity index (χ3n) is 6.38. The highest BCUT2D eigenvalue weighted by atomic mass is 32.2. The number of thioether (sulfide) groups is 1. The standard InChI is InChI=1S/C25H29F3N4O3S2/c1-17(2)19-5-3-18(4-6-19)15-30-23(33)22-16-31(24-29-11-14-36-24)12-13-32(22)37(34,35)21-9-7-20(8-10-21)25(26,27)28/h3-10,17,22H,11-16H2,1-2H3,(H,30,33)/t22-/m1/s1. The number of amides is 1. The van der Waals surface area contributed by atoms with Crippen molar-refractivity contribution in [2.45, 2.75) is 43.4 Å². The van der Waals surface area contributed by atoms with Gasteiger partial charge in [0, 0.05) is 31.9 Å². The number of alkyl halides is 3. The first kappa shape index (κ1) is 27.5. The lowest BCUT2D eigenvalue weighted by Gasteiger charge is -2.40. The Kier molecular flexibility index (Phi) is 8.20. The fraction of sp³-hybridized carbons (Fsp3) is 0.440. The lowest BCUT2D eigenvalue weighted by Crippen LogP contribution is -2.61. The number of rotatable bonds is 6. The molecule has 1 atom stereocenters. The summed E-state index contributed by atoms with van der Waals surface area (Å²) in [6, 6.07) is 10.1. The molecule has 2 heterocycles. The highest BCUT2D eigenvalue weighted by Crippen LogP contribution is 2.31. The largest absolute Gasteiger partial charge is 0.416 e. The van der Waals surface area contributed by atoms with E-state index in [1.165, 1.54) is 5.56 Å². The predicted octanol–water partition coefficient (Wildman–Crippen LogP) is 3.92. The lowest BCUT2D eigenvalue weighted by molar-refractivity contribution is -0.137. The van der Waals surface area contributed by atoms with E-state index in [1.807, 2.05) is 29.2 Å². The van der Waals surface area contributed by atoms with Gasteiger partial charge in [0.25, 0.3) is 0 Å². The highest BCUT2D eigenvalue weighted by molar-refractivity contribution is 8.14. The first-order valence-electron chi connectivity index (χ1n) is 11.9. The molecule has 0 aromatic heterocycles. The molecule has 0 radical (unpaired) electrons.